The third kappa shape index (κ3) is 2.60. The first-order valence-electron chi connectivity index (χ1n) is 6.55. The second-order valence-electron chi connectivity index (χ2n) is 4.82. The van der Waals surface area contributed by atoms with Crippen molar-refractivity contribution in [2.24, 2.45) is 7.05 Å². The van der Waals surface area contributed by atoms with Crippen LogP contribution in [0.25, 0.3) is 11.3 Å². The second-order valence-corrected chi connectivity index (χ2v) is 5.18. The first kappa shape index (κ1) is 14.3. The van der Waals surface area contributed by atoms with E-state index in [0.29, 0.717) is 16.6 Å². The van der Waals surface area contributed by atoms with Crippen molar-refractivity contribution in [2.45, 2.75) is 6.92 Å². The summed E-state index contributed by atoms with van der Waals surface area (Å²) >= 11 is 6.03. The van der Waals surface area contributed by atoms with Gasteiger partial charge in [0.2, 0.25) is 0 Å². The van der Waals surface area contributed by atoms with Crippen LogP contribution in [-0.4, -0.2) is 20.7 Å². The van der Waals surface area contributed by atoms with Gasteiger partial charge >= 0.3 is 0 Å². The largest absolute Gasteiger partial charge is 0.443 e. The summed E-state index contributed by atoms with van der Waals surface area (Å²) in [5, 5.41) is 6.99. The van der Waals surface area contributed by atoms with Gasteiger partial charge < -0.3 is 9.73 Å². The molecule has 0 aliphatic rings. The number of aromatic nitrogens is 3. The first-order chi connectivity index (χ1) is 10.6. The van der Waals surface area contributed by atoms with Crippen LogP contribution >= 0.6 is 11.6 Å². The Hall–Kier alpha value is -2.60. The zero-order valence-corrected chi connectivity index (χ0v) is 12.8. The quantitative estimate of drug-likeness (QED) is 0.804. The molecule has 0 aliphatic heterocycles. The van der Waals surface area contributed by atoms with Crippen LogP contribution < -0.4 is 5.32 Å². The highest BCUT2D eigenvalue weighted by Crippen LogP contribution is 2.25. The lowest BCUT2D eigenvalue weighted by Gasteiger charge is -2.03. The number of anilines is 1. The average Bonchev–Trinajstić information content (AvgIpc) is 3.10. The zero-order chi connectivity index (χ0) is 15.7. The number of rotatable bonds is 3. The van der Waals surface area contributed by atoms with Gasteiger partial charge in [0, 0.05) is 12.6 Å². The highest BCUT2D eigenvalue weighted by atomic mass is 35.5. The molecule has 1 N–H and O–H groups in total. The fraction of sp³-hybridized carbons (Fsp3) is 0.133. The highest BCUT2D eigenvalue weighted by Gasteiger charge is 2.20. The van der Waals surface area contributed by atoms with Crippen molar-refractivity contribution in [3.8, 4) is 11.3 Å². The topological polar surface area (TPSA) is 73.0 Å². The number of halogens is 1. The van der Waals surface area contributed by atoms with E-state index in [-0.39, 0.29) is 5.69 Å². The summed E-state index contributed by atoms with van der Waals surface area (Å²) in [4.78, 5) is 16.4. The summed E-state index contributed by atoms with van der Waals surface area (Å²) in [6.07, 6.45) is 2.72. The first-order valence-corrected chi connectivity index (χ1v) is 6.93. The predicted octanol–water partition coefficient (Wildman–Crippen LogP) is 3.29. The summed E-state index contributed by atoms with van der Waals surface area (Å²) < 4.78 is 6.82. The van der Waals surface area contributed by atoms with E-state index < -0.39 is 5.91 Å². The summed E-state index contributed by atoms with van der Waals surface area (Å²) in [7, 11) is 1.69. The van der Waals surface area contributed by atoms with E-state index in [4.69, 9.17) is 16.0 Å². The van der Waals surface area contributed by atoms with Gasteiger partial charge in [0.1, 0.15) is 5.15 Å². The van der Waals surface area contributed by atoms with Crippen LogP contribution in [0.5, 0.6) is 0 Å². The Morgan fingerprint density at radius 2 is 2.05 bits per heavy atom. The summed E-state index contributed by atoms with van der Waals surface area (Å²) in [5.41, 5.74) is 2.53. The van der Waals surface area contributed by atoms with Crippen molar-refractivity contribution in [2.75, 3.05) is 5.32 Å². The van der Waals surface area contributed by atoms with Gasteiger partial charge in [0.15, 0.2) is 17.8 Å². The van der Waals surface area contributed by atoms with Crippen molar-refractivity contribution in [1.29, 1.82) is 0 Å². The Morgan fingerprint density at radius 1 is 1.32 bits per heavy atom. The van der Waals surface area contributed by atoms with Gasteiger partial charge in [-0.3, -0.25) is 9.48 Å². The predicted molar refractivity (Wildman–Crippen MR) is 82.8 cm³/mol. The van der Waals surface area contributed by atoms with Crippen molar-refractivity contribution in [1.82, 2.24) is 14.8 Å². The Labute approximate surface area is 131 Å². The van der Waals surface area contributed by atoms with Gasteiger partial charge in [0.25, 0.3) is 5.91 Å². The Bertz CT molecular complexity index is 820. The molecule has 0 atom stereocenters. The molecule has 0 aliphatic carbocycles. The molecule has 0 saturated carbocycles. The van der Waals surface area contributed by atoms with Crippen LogP contribution in [0.15, 0.2) is 41.3 Å². The lowest BCUT2D eigenvalue weighted by atomic mass is 10.1. The van der Waals surface area contributed by atoms with Gasteiger partial charge in [-0.05, 0) is 6.92 Å². The molecule has 1 aromatic carbocycles. The van der Waals surface area contributed by atoms with E-state index in [1.807, 2.05) is 31.2 Å². The van der Waals surface area contributed by atoms with Gasteiger partial charge in [-0.1, -0.05) is 41.4 Å². The van der Waals surface area contributed by atoms with Gasteiger partial charge in [0.05, 0.1) is 11.9 Å². The number of hydrogen-bond donors (Lipinski definition) is 1. The van der Waals surface area contributed by atoms with Crippen molar-refractivity contribution in [3.05, 3.63) is 53.3 Å². The molecule has 2 heterocycles. The summed E-state index contributed by atoms with van der Waals surface area (Å²) in [5.74, 6) is 0.0109. The molecule has 0 spiro atoms. The van der Waals surface area contributed by atoms with E-state index in [1.165, 1.54) is 17.3 Å². The fourth-order valence-corrected chi connectivity index (χ4v) is 2.15. The van der Waals surface area contributed by atoms with Crippen molar-refractivity contribution in [3.63, 3.8) is 0 Å². The lowest BCUT2D eigenvalue weighted by Crippen LogP contribution is -2.13. The van der Waals surface area contributed by atoms with Gasteiger partial charge in [-0.25, -0.2) is 4.98 Å². The number of oxazole rings is 1. The molecule has 0 radical (unpaired) electrons. The smallest absolute Gasteiger partial charge is 0.278 e. The fourth-order valence-electron chi connectivity index (χ4n) is 2.01. The van der Waals surface area contributed by atoms with E-state index in [9.17, 15) is 4.79 Å². The monoisotopic (exact) mass is 316 g/mol. The van der Waals surface area contributed by atoms with Crippen LogP contribution in [-0.2, 0) is 7.05 Å². The minimum atomic E-state index is -0.403. The number of benzene rings is 1. The number of carbonyl (C=O) groups is 1. The van der Waals surface area contributed by atoms with Gasteiger partial charge in [-0.2, -0.15) is 5.10 Å². The minimum Gasteiger partial charge on any atom is -0.443 e. The SMILES string of the molecule is Cc1ccc(-c2ocnc2C(=O)Nc2cnn(C)c2Cl)cc1. The second kappa shape index (κ2) is 5.65. The number of aryl methyl sites for hydroxylation is 2. The summed E-state index contributed by atoms with van der Waals surface area (Å²) in [6, 6.07) is 7.64. The molecule has 6 nitrogen and oxygen atoms in total. The number of hydrogen-bond acceptors (Lipinski definition) is 4. The third-order valence-corrected chi connectivity index (χ3v) is 3.66. The Balaban J connectivity index is 1.89. The molecular formula is C15H13ClN4O2. The molecule has 3 aromatic rings. The summed E-state index contributed by atoms with van der Waals surface area (Å²) in [6.45, 7) is 1.99. The molecule has 1 amide bonds. The van der Waals surface area contributed by atoms with Crippen LogP contribution in [0.2, 0.25) is 5.15 Å². The maximum atomic E-state index is 12.4. The Morgan fingerprint density at radius 3 is 2.68 bits per heavy atom. The Kier molecular flexibility index (Phi) is 3.68. The molecular weight excluding hydrogens is 304 g/mol. The van der Waals surface area contributed by atoms with E-state index >= 15 is 0 Å². The maximum absolute atomic E-state index is 12.4. The van der Waals surface area contributed by atoms with E-state index in [1.54, 1.807) is 7.05 Å². The molecule has 7 heteroatoms. The molecule has 0 bridgehead atoms. The number of nitrogens with zero attached hydrogens (tertiary/aromatic N) is 3. The number of amides is 1. The van der Waals surface area contributed by atoms with E-state index in [2.05, 4.69) is 15.4 Å². The molecule has 0 saturated heterocycles. The van der Waals surface area contributed by atoms with Crippen LogP contribution in [0, 0.1) is 6.92 Å². The molecule has 22 heavy (non-hydrogen) atoms. The highest BCUT2D eigenvalue weighted by molar-refractivity contribution is 6.32. The van der Waals surface area contributed by atoms with Crippen LogP contribution in [0.3, 0.4) is 0 Å². The standard InChI is InChI=1S/C15H13ClN4O2/c1-9-3-5-10(6-4-9)13-12(17-8-22-13)15(21)19-11-7-18-20(2)14(11)16/h3-8H,1-2H3,(H,19,21). The van der Waals surface area contributed by atoms with Crippen molar-refractivity contribution >= 4 is 23.2 Å². The zero-order valence-electron chi connectivity index (χ0n) is 12.0. The molecule has 2 aromatic heterocycles. The minimum absolute atomic E-state index is 0.198. The average molecular weight is 317 g/mol. The lowest BCUT2D eigenvalue weighted by molar-refractivity contribution is 0.102. The molecule has 112 valence electrons. The van der Waals surface area contributed by atoms with E-state index in [0.717, 1.165) is 11.1 Å². The third-order valence-electron chi connectivity index (χ3n) is 3.21. The molecule has 0 unspecified atom stereocenters. The van der Waals surface area contributed by atoms with Gasteiger partial charge in [-0.15, -0.1) is 0 Å². The number of nitrogens with one attached hydrogen (secondary N) is 1. The van der Waals surface area contributed by atoms with Crippen LogP contribution in [0.1, 0.15) is 16.1 Å². The maximum Gasteiger partial charge on any atom is 0.278 e. The number of carbonyl (C=O) groups excluding carboxylic acids is 1. The normalized spacial score (nSPS) is 10.7. The van der Waals surface area contributed by atoms with Crippen molar-refractivity contribution < 1.29 is 9.21 Å². The van der Waals surface area contributed by atoms with Crippen LogP contribution in [0.4, 0.5) is 5.69 Å². The molecule has 3 rings (SSSR count). The molecule has 0 fully saturated rings.